The molecule has 4 heteroatoms. The van der Waals surface area contributed by atoms with Gasteiger partial charge in [-0.2, -0.15) is 0 Å². The maximum Gasteiger partial charge on any atom is 0.162 e. The molecule has 0 saturated carbocycles. The van der Waals surface area contributed by atoms with Crippen molar-refractivity contribution in [1.82, 2.24) is 5.16 Å². The van der Waals surface area contributed by atoms with Gasteiger partial charge in [0, 0.05) is 11.6 Å². The Kier molecular flexibility index (Phi) is 3.44. The highest BCUT2D eigenvalue weighted by molar-refractivity contribution is 5.67. The number of aliphatic hydroxyl groups is 1. The van der Waals surface area contributed by atoms with Gasteiger partial charge < -0.3 is 14.4 Å². The Bertz CT molecular complexity index is 505. The minimum Gasteiger partial charge on any atom is -0.493 e. The van der Waals surface area contributed by atoms with Crippen LogP contribution in [-0.2, 0) is 6.61 Å². The number of nitrogens with zero attached hydrogens (tertiary/aromatic N) is 1. The first-order valence-electron chi connectivity index (χ1n) is 5.55. The summed E-state index contributed by atoms with van der Waals surface area (Å²) in [7, 11) is 0. The van der Waals surface area contributed by atoms with Crippen LogP contribution in [0, 0.1) is 6.92 Å². The first-order chi connectivity index (χ1) is 8.24. The third kappa shape index (κ3) is 2.47. The lowest BCUT2D eigenvalue weighted by molar-refractivity contribution is 0.229. The molecule has 0 aliphatic rings. The van der Waals surface area contributed by atoms with Gasteiger partial charge in [-0.05, 0) is 26.0 Å². The largest absolute Gasteiger partial charge is 0.493 e. The van der Waals surface area contributed by atoms with Crippen molar-refractivity contribution in [3.05, 3.63) is 35.6 Å². The molecule has 0 radical (unpaired) electrons. The van der Waals surface area contributed by atoms with Crippen LogP contribution in [0.4, 0.5) is 0 Å². The highest BCUT2D eigenvalue weighted by Crippen LogP contribution is 2.30. The van der Waals surface area contributed by atoms with Crippen LogP contribution < -0.4 is 4.74 Å². The van der Waals surface area contributed by atoms with E-state index < -0.39 is 0 Å². The third-order valence-corrected chi connectivity index (χ3v) is 2.43. The molecule has 2 aromatic rings. The van der Waals surface area contributed by atoms with Crippen molar-refractivity contribution in [2.75, 3.05) is 6.61 Å². The second-order valence-corrected chi connectivity index (χ2v) is 3.77. The van der Waals surface area contributed by atoms with Gasteiger partial charge in [0.15, 0.2) is 5.76 Å². The van der Waals surface area contributed by atoms with Crippen LogP contribution in [0.3, 0.4) is 0 Å². The summed E-state index contributed by atoms with van der Waals surface area (Å²) in [6.45, 7) is 4.39. The average Bonchev–Trinajstić information content (AvgIpc) is 2.80. The van der Waals surface area contributed by atoms with Crippen molar-refractivity contribution < 1.29 is 14.4 Å². The zero-order valence-corrected chi connectivity index (χ0v) is 9.93. The van der Waals surface area contributed by atoms with Crippen molar-refractivity contribution in [1.29, 1.82) is 0 Å². The Labute approximate surface area is 99.8 Å². The Hall–Kier alpha value is -1.81. The van der Waals surface area contributed by atoms with Gasteiger partial charge in [-0.25, -0.2) is 0 Å². The molecular formula is C13H15NO3. The zero-order chi connectivity index (χ0) is 12.3. The number of benzene rings is 1. The molecule has 0 aliphatic heterocycles. The number of hydrogen-bond acceptors (Lipinski definition) is 4. The molecule has 1 aromatic heterocycles. The molecule has 2 rings (SSSR count). The summed E-state index contributed by atoms with van der Waals surface area (Å²) in [6.07, 6.45) is 0. The predicted octanol–water partition coefficient (Wildman–Crippen LogP) is 2.54. The Balaban J connectivity index is 2.44. The summed E-state index contributed by atoms with van der Waals surface area (Å²) >= 11 is 0. The predicted molar refractivity (Wildman–Crippen MR) is 63.8 cm³/mol. The van der Waals surface area contributed by atoms with Crippen molar-refractivity contribution in [2.24, 2.45) is 0 Å². The maximum absolute atomic E-state index is 8.96. The number of aryl methyl sites for hydroxylation is 1. The molecular weight excluding hydrogens is 218 g/mol. The second-order valence-electron chi connectivity index (χ2n) is 3.77. The van der Waals surface area contributed by atoms with Crippen LogP contribution >= 0.6 is 0 Å². The highest BCUT2D eigenvalue weighted by Gasteiger charge is 2.11. The Morgan fingerprint density at radius 3 is 2.82 bits per heavy atom. The van der Waals surface area contributed by atoms with E-state index in [0.717, 1.165) is 16.9 Å². The fourth-order valence-electron chi connectivity index (χ4n) is 1.64. The van der Waals surface area contributed by atoms with Gasteiger partial charge in [0.1, 0.15) is 18.1 Å². The molecule has 4 nitrogen and oxygen atoms in total. The fourth-order valence-corrected chi connectivity index (χ4v) is 1.64. The third-order valence-electron chi connectivity index (χ3n) is 2.43. The summed E-state index contributed by atoms with van der Waals surface area (Å²) in [5, 5.41) is 12.9. The van der Waals surface area contributed by atoms with E-state index in [9.17, 15) is 0 Å². The average molecular weight is 233 g/mol. The highest BCUT2D eigenvalue weighted by atomic mass is 16.5. The normalized spacial score (nSPS) is 10.5. The topological polar surface area (TPSA) is 55.5 Å². The van der Waals surface area contributed by atoms with E-state index >= 15 is 0 Å². The molecule has 0 unspecified atom stereocenters. The van der Waals surface area contributed by atoms with E-state index in [1.54, 1.807) is 6.07 Å². The van der Waals surface area contributed by atoms with Crippen molar-refractivity contribution in [2.45, 2.75) is 20.5 Å². The molecule has 0 atom stereocenters. The van der Waals surface area contributed by atoms with E-state index in [4.69, 9.17) is 14.4 Å². The molecule has 90 valence electrons. The molecule has 17 heavy (non-hydrogen) atoms. The van der Waals surface area contributed by atoms with Gasteiger partial charge in [-0.3, -0.25) is 0 Å². The van der Waals surface area contributed by atoms with E-state index in [1.807, 2.05) is 32.0 Å². The molecule has 0 saturated heterocycles. The van der Waals surface area contributed by atoms with Crippen LogP contribution in [0.1, 0.15) is 18.2 Å². The zero-order valence-electron chi connectivity index (χ0n) is 9.93. The van der Waals surface area contributed by atoms with Gasteiger partial charge >= 0.3 is 0 Å². The van der Waals surface area contributed by atoms with Crippen molar-refractivity contribution >= 4 is 0 Å². The molecule has 1 N–H and O–H groups in total. The number of aromatic nitrogens is 1. The molecule has 0 fully saturated rings. The summed E-state index contributed by atoms with van der Waals surface area (Å²) in [5.41, 5.74) is 2.69. The molecule has 1 aromatic carbocycles. The lowest BCUT2D eigenvalue weighted by atomic mass is 10.1. The monoisotopic (exact) mass is 233 g/mol. The van der Waals surface area contributed by atoms with Crippen molar-refractivity contribution in [3.63, 3.8) is 0 Å². The Morgan fingerprint density at radius 1 is 1.35 bits per heavy atom. The van der Waals surface area contributed by atoms with Crippen LogP contribution in [0.5, 0.6) is 5.75 Å². The van der Waals surface area contributed by atoms with Gasteiger partial charge in [0.25, 0.3) is 0 Å². The van der Waals surface area contributed by atoms with E-state index in [-0.39, 0.29) is 6.61 Å². The summed E-state index contributed by atoms with van der Waals surface area (Å²) in [4.78, 5) is 0. The van der Waals surface area contributed by atoms with Crippen LogP contribution in [0.2, 0.25) is 0 Å². The molecule has 0 spiro atoms. The van der Waals surface area contributed by atoms with Gasteiger partial charge in [-0.15, -0.1) is 0 Å². The lowest BCUT2D eigenvalue weighted by Crippen LogP contribution is -1.94. The van der Waals surface area contributed by atoms with Crippen molar-refractivity contribution in [3.8, 4) is 17.0 Å². The summed E-state index contributed by atoms with van der Waals surface area (Å²) < 4.78 is 10.5. The molecule has 0 aliphatic carbocycles. The lowest BCUT2D eigenvalue weighted by Gasteiger charge is -2.08. The fraction of sp³-hybridized carbons (Fsp3) is 0.308. The first kappa shape index (κ1) is 11.7. The molecule has 0 bridgehead atoms. The van der Waals surface area contributed by atoms with E-state index in [0.29, 0.717) is 18.1 Å². The van der Waals surface area contributed by atoms with E-state index in [1.165, 1.54) is 0 Å². The minimum atomic E-state index is -0.150. The van der Waals surface area contributed by atoms with Gasteiger partial charge in [-0.1, -0.05) is 16.8 Å². The number of aliphatic hydroxyl groups excluding tert-OH is 1. The van der Waals surface area contributed by atoms with Crippen LogP contribution in [-0.4, -0.2) is 16.9 Å². The quantitative estimate of drug-likeness (QED) is 0.881. The maximum atomic E-state index is 8.96. The van der Waals surface area contributed by atoms with E-state index in [2.05, 4.69) is 5.16 Å². The second kappa shape index (κ2) is 5.01. The Morgan fingerprint density at radius 2 is 2.18 bits per heavy atom. The molecule has 0 amide bonds. The molecule has 1 heterocycles. The minimum absolute atomic E-state index is 0.150. The number of ether oxygens (including phenoxy) is 1. The summed E-state index contributed by atoms with van der Waals surface area (Å²) in [6, 6.07) is 7.62. The smallest absolute Gasteiger partial charge is 0.162 e. The van der Waals surface area contributed by atoms with Gasteiger partial charge in [0.2, 0.25) is 0 Å². The first-order valence-corrected chi connectivity index (χ1v) is 5.55. The SMILES string of the molecule is CCOc1ccc(C)cc1-c1cc(CO)on1. The summed E-state index contributed by atoms with van der Waals surface area (Å²) in [5.74, 6) is 1.22. The van der Waals surface area contributed by atoms with Crippen LogP contribution in [0.15, 0.2) is 28.8 Å². The van der Waals surface area contributed by atoms with Gasteiger partial charge in [0.05, 0.1) is 6.61 Å². The standard InChI is InChI=1S/C13H15NO3/c1-3-16-13-5-4-9(2)6-11(13)12-7-10(8-15)17-14-12/h4-7,15H,3,8H2,1-2H3. The number of hydrogen-bond donors (Lipinski definition) is 1. The van der Waals surface area contributed by atoms with Crippen LogP contribution in [0.25, 0.3) is 11.3 Å². The number of rotatable bonds is 4.